The van der Waals surface area contributed by atoms with Crippen molar-refractivity contribution < 1.29 is 4.52 Å². The first-order valence-corrected chi connectivity index (χ1v) is 6.68. The average Bonchev–Trinajstić information content (AvgIpc) is 2.81. The second-order valence-corrected chi connectivity index (χ2v) is 5.17. The van der Waals surface area contributed by atoms with Crippen LogP contribution in [0.4, 0.5) is 5.82 Å². The lowest BCUT2D eigenvalue weighted by Crippen LogP contribution is -2.07. The Morgan fingerprint density at radius 1 is 1.15 bits per heavy atom. The summed E-state index contributed by atoms with van der Waals surface area (Å²) >= 11 is 0. The van der Waals surface area contributed by atoms with Gasteiger partial charge in [0.15, 0.2) is 5.82 Å². The number of anilines is 1. The quantitative estimate of drug-likeness (QED) is 0.779. The number of benzene rings is 1. The van der Waals surface area contributed by atoms with Gasteiger partial charge in [0.2, 0.25) is 0 Å². The number of aromatic nitrogens is 2. The normalized spacial score (nSPS) is 12.6. The SMILES string of the molecule is Cc1cc(C)cc(C(C)Nc2noc3ncccc23)c1. The summed E-state index contributed by atoms with van der Waals surface area (Å²) in [4.78, 5) is 4.14. The first-order chi connectivity index (χ1) is 9.63. The molecule has 102 valence electrons. The van der Waals surface area contributed by atoms with Gasteiger partial charge in [0.05, 0.1) is 11.4 Å². The summed E-state index contributed by atoms with van der Waals surface area (Å²) < 4.78 is 5.21. The standard InChI is InChI=1S/C16H17N3O/c1-10-7-11(2)9-13(8-10)12(3)18-15-14-5-4-6-17-16(14)20-19-15/h4-9,12H,1-3H3,(H,18,19). The van der Waals surface area contributed by atoms with E-state index < -0.39 is 0 Å². The van der Waals surface area contributed by atoms with E-state index in [1.54, 1.807) is 6.20 Å². The lowest BCUT2D eigenvalue weighted by atomic mass is 10.0. The first kappa shape index (κ1) is 12.7. The van der Waals surface area contributed by atoms with Crippen LogP contribution in [0.5, 0.6) is 0 Å². The molecule has 1 aromatic carbocycles. The van der Waals surface area contributed by atoms with Crippen molar-refractivity contribution in [3.05, 3.63) is 53.2 Å². The number of nitrogens with zero attached hydrogens (tertiary/aromatic N) is 2. The van der Waals surface area contributed by atoms with E-state index in [4.69, 9.17) is 4.52 Å². The van der Waals surface area contributed by atoms with Crippen molar-refractivity contribution in [2.45, 2.75) is 26.8 Å². The minimum absolute atomic E-state index is 0.155. The van der Waals surface area contributed by atoms with E-state index in [0.29, 0.717) is 5.71 Å². The molecule has 2 heterocycles. The number of hydrogen-bond acceptors (Lipinski definition) is 4. The molecule has 3 aromatic rings. The number of pyridine rings is 1. The Hall–Kier alpha value is -2.36. The van der Waals surface area contributed by atoms with E-state index in [2.05, 4.69) is 54.4 Å². The van der Waals surface area contributed by atoms with Crippen molar-refractivity contribution in [1.82, 2.24) is 10.1 Å². The van der Waals surface area contributed by atoms with Gasteiger partial charge in [0, 0.05) is 6.20 Å². The molecule has 0 aliphatic carbocycles. The molecular weight excluding hydrogens is 250 g/mol. The van der Waals surface area contributed by atoms with Gasteiger partial charge in [-0.05, 0) is 38.5 Å². The molecule has 4 nitrogen and oxygen atoms in total. The fourth-order valence-electron chi connectivity index (χ4n) is 2.43. The van der Waals surface area contributed by atoms with E-state index in [9.17, 15) is 0 Å². The molecule has 20 heavy (non-hydrogen) atoms. The van der Waals surface area contributed by atoms with Crippen LogP contribution >= 0.6 is 0 Å². The Labute approximate surface area is 117 Å². The van der Waals surface area contributed by atoms with Crippen molar-refractivity contribution in [3.8, 4) is 0 Å². The summed E-state index contributed by atoms with van der Waals surface area (Å²) in [5.41, 5.74) is 4.32. The third-order valence-corrected chi connectivity index (χ3v) is 3.35. The molecule has 0 spiro atoms. The highest BCUT2D eigenvalue weighted by molar-refractivity contribution is 5.85. The molecule has 0 aliphatic heterocycles. The van der Waals surface area contributed by atoms with Gasteiger partial charge < -0.3 is 9.84 Å². The van der Waals surface area contributed by atoms with Crippen LogP contribution in [0, 0.1) is 13.8 Å². The molecule has 4 heteroatoms. The predicted molar refractivity (Wildman–Crippen MR) is 79.8 cm³/mol. The number of nitrogens with one attached hydrogen (secondary N) is 1. The molecule has 0 aliphatic rings. The maximum atomic E-state index is 5.21. The zero-order chi connectivity index (χ0) is 14.1. The highest BCUT2D eigenvalue weighted by atomic mass is 16.5. The van der Waals surface area contributed by atoms with Crippen LogP contribution in [-0.2, 0) is 0 Å². The number of fused-ring (bicyclic) bond motifs is 1. The molecule has 1 N–H and O–H groups in total. The van der Waals surface area contributed by atoms with Gasteiger partial charge in [0.25, 0.3) is 5.71 Å². The van der Waals surface area contributed by atoms with Crippen LogP contribution in [0.1, 0.15) is 29.7 Å². The van der Waals surface area contributed by atoms with E-state index in [1.165, 1.54) is 16.7 Å². The summed E-state index contributed by atoms with van der Waals surface area (Å²) in [5, 5.41) is 8.35. The second-order valence-electron chi connectivity index (χ2n) is 5.17. The summed E-state index contributed by atoms with van der Waals surface area (Å²) in [6, 6.07) is 10.5. The van der Waals surface area contributed by atoms with Crippen LogP contribution in [0.15, 0.2) is 41.1 Å². The molecule has 0 saturated heterocycles. The fourth-order valence-corrected chi connectivity index (χ4v) is 2.43. The van der Waals surface area contributed by atoms with Gasteiger partial charge in [-0.3, -0.25) is 0 Å². The molecule has 0 bridgehead atoms. The minimum atomic E-state index is 0.155. The van der Waals surface area contributed by atoms with Gasteiger partial charge in [-0.2, -0.15) is 0 Å². The van der Waals surface area contributed by atoms with Crippen LogP contribution in [0.3, 0.4) is 0 Å². The molecule has 3 rings (SSSR count). The molecule has 0 amide bonds. The largest absolute Gasteiger partial charge is 0.360 e. The van der Waals surface area contributed by atoms with Crippen LogP contribution in [-0.4, -0.2) is 10.1 Å². The fraction of sp³-hybridized carbons (Fsp3) is 0.250. The van der Waals surface area contributed by atoms with Gasteiger partial charge >= 0.3 is 0 Å². The molecule has 2 aromatic heterocycles. The van der Waals surface area contributed by atoms with Crippen molar-refractivity contribution >= 4 is 16.9 Å². The molecule has 0 saturated carbocycles. The molecular formula is C16H17N3O. The summed E-state index contributed by atoms with van der Waals surface area (Å²) in [7, 11) is 0. The first-order valence-electron chi connectivity index (χ1n) is 6.68. The van der Waals surface area contributed by atoms with Crippen molar-refractivity contribution in [1.29, 1.82) is 0 Å². The van der Waals surface area contributed by atoms with Crippen molar-refractivity contribution in [2.75, 3.05) is 5.32 Å². The Kier molecular flexibility index (Phi) is 3.14. The van der Waals surface area contributed by atoms with Crippen LogP contribution in [0.2, 0.25) is 0 Å². The Bertz CT molecular complexity index is 728. The summed E-state index contributed by atoms with van der Waals surface area (Å²) in [6.45, 7) is 6.34. The van der Waals surface area contributed by atoms with E-state index in [-0.39, 0.29) is 6.04 Å². The van der Waals surface area contributed by atoms with Gasteiger partial charge in [-0.25, -0.2) is 4.98 Å². The highest BCUT2D eigenvalue weighted by Gasteiger charge is 2.12. The smallest absolute Gasteiger partial charge is 0.259 e. The predicted octanol–water partition coefficient (Wildman–Crippen LogP) is 4.01. The lowest BCUT2D eigenvalue weighted by Gasteiger charge is -2.15. The second kappa shape index (κ2) is 4.96. The Morgan fingerprint density at radius 3 is 2.65 bits per heavy atom. The summed E-state index contributed by atoms with van der Waals surface area (Å²) in [5.74, 6) is 0.736. The zero-order valence-corrected chi connectivity index (χ0v) is 11.8. The number of rotatable bonds is 3. The van der Waals surface area contributed by atoms with E-state index in [1.807, 2.05) is 12.1 Å². The van der Waals surface area contributed by atoms with Gasteiger partial charge in [-0.1, -0.05) is 34.5 Å². The maximum absolute atomic E-state index is 5.21. The molecule has 1 unspecified atom stereocenters. The Balaban J connectivity index is 1.90. The molecule has 0 fully saturated rings. The minimum Gasteiger partial charge on any atom is -0.360 e. The van der Waals surface area contributed by atoms with Crippen molar-refractivity contribution in [3.63, 3.8) is 0 Å². The topological polar surface area (TPSA) is 51.0 Å². The van der Waals surface area contributed by atoms with E-state index in [0.717, 1.165) is 11.2 Å². The highest BCUT2D eigenvalue weighted by Crippen LogP contribution is 2.25. The summed E-state index contributed by atoms with van der Waals surface area (Å²) in [6.07, 6.45) is 1.70. The number of hydrogen-bond donors (Lipinski definition) is 1. The van der Waals surface area contributed by atoms with Crippen molar-refractivity contribution in [2.24, 2.45) is 0 Å². The van der Waals surface area contributed by atoms with Gasteiger partial charge in [-0.15, -0.1) is 0 Å². The van der Waals surface area contributed by atoms with E-state index >= 15 is 0 Å². The maximum Gasteiger partial charge on any atom is 0.259 e. The third kappa shape index (κ3) is 2.37. The zero-order valence-electron chi connectivity index (χ0n) is 11.8. The molecule has 0 radical (unpaired) electrons. The Morgan fingerprint density at radius 2 is 1.90 bits per heavy atom. The number of aryl methyl sites for hydroxylation is 2. The molecule has 1 atom stereocenters. The third-order valence-electron chi connectivity index (χ3n) is 3.35. The lowest BCUT2D eigenvalue weighted by molar-refractivity contribution is 0.450. The monoisotopic (exact) mass is 267 g/mol. The van der Waals surface area contributed by atoms with Crippen LogP contribution in [0.25, 0.3) is 11.1 Å². The van der Waals surface area contributed by atoms with Crippen LogP contribution < -0.4 is 5.32 Å². The van der Waals surface area contributed by atoms with Gasteiger partial charge in [0.1, 0.15) is 0 Å². The average molecular weight is 267 g/mol.